The number of nitrogens with one attached hydrogen (secondary N) is 2. The number of benzene rings is 1. The van der Waals surface area contributed by atoms with Crippen LogP contribution in [-0.2, 0) is 4.84 Å². The number of rotatable bonds is 3. The van der Waals surface area contributed by atoms with Crippen LogP contribution in [0.4, 0.5) is 23.7 Å². The zero-order valence-electron chi connectivity index (χ0n) is 12.1. The number of alkyl halides is 3. The Morgan fingerprint density at radius 2 is 2.00 bits per heavy atom. The van der Waals surface area contributed by atoms with Gasteiger partial charge in [-0.15, -0.1) is 0 Å². The number of oxime groups is 1. The number of para-hydroxylation sites is 1. The van der Waals surface area contributed by atoms with Gasteiger partial charge in [0.05, 0.1) is 6.54 Å². The van der Waals surface area contributed by atoms with Crippen LogP contribution < -0.4 is 10.6 Å². The van der Waals surface area contributed by atoms with Gasteiger partial charge in [0.2, 0.25) is 0 Å². The average Bonchev–Trinajstić information content (AvgIpc) is 2.90. The van der Waals surface area contributed by atoms with Crippen LogP contribution in [0.25, 0.3) is 0 Å². The number of amides is 2. The lowest BCUT2D eigenvalue weighted by Gasteiger charge is -2.14. The normalized spacial score (nSPS) is 17.7. The van der Waals surface area contributed by atoms with Crippen LogP contribution in [0.5, 0.6) is 0 Å². The molecule has 0 aliphatic carbocycles. The van der Waals surface area contributed by atoms with Crippen LogP contribution in [0.3, 0.4) is 0 Å². The molecule has 1 atom stereocenters. The molecule has 1 aromatic rings. The maximum absolute atomic E-state index is 12.4. The van der Waals surface area contributed by atoms with E-state index in [1.165, 1.54) is 0 Å². The van der Waals surface area contributed by atoms with Crippen molar-refractivity contribution in [1.82, 2.24) is 5.32 Å². The topological polar surface area (TPSA) is 62.7 Å². The largest absolute Gasteiger partial charge is 0.432 e. The first-order valence-corrected chi connectivity index (χ1v) is 6.68. The molecule has 2 amide bonds. The molecule has 0 spiro atoms. The fourth-order valence-corrected chi connectivity index (χ4v) is 2.08. The Labute approximate surface area is 125 Å². The molecule has 0 unspecified atom stereocenters. The Kier molecular flexibility index (Phi) is 4.58. The van der Waals surface area contributed by atoms with Crippen LogP contribution in [0.15, 0.2) is 23.4 Å². The summed E-state index contributed by atoms with van der Waals surface area (Å²) in [6.45, 7) is 3.65. The molecule has 120 valence electrons. The maximum atomic E-state index is 12.4. The van der Waals surface area contributed by atoms with E-state index in [0.29, 0.717) is 5.69 Å². The Morgan fingerprint density at radius 1 is 1.36 bits per heavy atom. The molecule has 2 N–H and O–H groups in total. The summed E-state index contributed by atoms with van der Waals surface area (Å²) < 4.78 is 37.2. The highest BCUT2D eigenvalue weighted by Crippen LogP contribution is 2.25. The van der Waals surface area contributed by atoms with Crippen molar-refractivity contribution in [3.05, 3.63) is 29.3 Å². The summed E-state index contributed by atoms with van der Waals surface area (Å²) in [5, 5.41) is 8.16. The molecular formula is C14H16F3N3O2. The lowest BCUT2D eigenvalue weighted by Crippen LogP contribution is -2.36. The number of carbonyl (C=O) groups excluding carboxylic acids is 1. The van der Waals surface area contributed by atoms with E-state index in [4.69, 9.17) is 0 Å². The van der Waals surface area contributed by atoms with Crippen molar-refractivity contribution in [3.63, 3.8) is 0 Å². The Morgan fingerprint density at radius 3 is 2.55 bits per heavy atom. The van der Waals surface area contributed by atoms with Gasteiger partial charge in [-0.2, -0.15) is 13.2 Å². The summed E-state index contributed by atoms with van der Waals surface area (Å²) >= 11 is 0. The summed E-state index contributed by atoms with van der Waals surface area (Å²) in [5.41, 5.74) is 1.51. The van der Waals surface area contributed by atoms with E-state index >= 15 is 0 Å². The second kappa shape index (κ2) is 6.25. The second-order valence-electron chi connectivity index (χ2n) is 5.07. The molecule has 1 aliphatic heterocycles. The summed E-state index contributed by atoms with van der Waals surface area (Å²) in [6.07, 6.45) is -5.66. The number of aryl methyl sites for hydroxylation is 2. The highest BCUT2D eigenvalue weighted by Gasteiger charge is 2.41. The minimum Gasteiger partial charge on any atom is -0.390 e. The predicted molar refractivity (Wildman–Crippen MR) is 75.9 cm³/mol. The molecule has 8 heteroatoms. The lowest BCUT2D eigenvalue weighted by atomic mass is 10.1. The quantitative estimate of drug-likeness (QED) is 0.900. The number of hydrogen-bond acceptors (Lipinski definition) is 3. The van der Waals surface area contributed by atoms with Gasteiger partial charge in [0.1, 0.15) is 0 Å². The summed E-state index contributed by atoms with van der Waals surface area (Å²) in [7, 11) is 0. The monoisotopic (exact) mass is 315 g/mol. The third kappa shape index (κ3) is 3.90. The average molecular weight is 315 g/mol. The molecule has 2 rings (SSSR count). The minimum absolute atomic E-state index is 0.0557. The molecule has 0 aromatic heterocycles. The zero-order valence-corrected chi connectivity index (χ0v) is 12.1. The number of urea groups is 1. The first-order valence-electron chi connectivity index (χ1n) is 6.68. The standard InChI is InChI=1S/C14H16F3N3O2/c1-8-4-3-5-9(2)12(8)19-13(21)18-7-10-6-11(20-22-10)14(15,16)17/h3-5,10H,6-7H2,1-2H3,(H2,18,19,21)/t10-/m1/s1. The molecule has 5 nitrogen and oxygen atoms in total. The lowest BCUT2D eigenvalue weighted by molar-refractivity contribution is -0.0604. The Hall–Kier alpha value is -2.25. The molecular weight excluding hydrogens is 299 g/mol. The van der Waals surface area contributed by atoms with Gasteiger partial charge in [-0.1, -0.05) is 23.4 Å². The van der Waals surface area contributed by atoms with E-state index in [2.05, 4.69) is 20.6 Å². The van der Waals surface area contributed by atoms with Gasteiger partial charge in [0.25, 0.3) is 0 Å². The van der Waals surface area contributed by atoms with Crippen LogP contribution in [0, 0.1) is 13.8 Å². The van der Waals surface area contributed by atoms with E-state index in [0.717, 1.165) is 11.1 Å². The van der Waals surface area contributed by atoms with Gasteiger partial charge in [-0.3, -0.25) is 0 Å². The molecule has 0 saturated carbocycles. The van der Waals surface area contributed by atoms with Gasteiger partial charge in [0.15, 0.2) is 11.8 Å². The van der Waals surface area contributed by atoms with Crippen molar-refractivity contribution in [3.8, 4) is 0 Å². The Balaban J connectivity index is 1.83. The number of anilines is 1. The molecule has 1 aromatic carbocycles. The molecule has 0 bridgehead atoms. The van der Waals surface area contributed by atoms with Crippen LogP contribution in [0.1, 0.15) is 17.5 Å². The summed E-state index contributed by atoms with van der Waals surface area (Å²) in [4.78, 5) is 16.5. The fraction of sp³-hybridized carbons (Fsp3) is 0.429. The van der Waals surface area contributed by atoms with Crippen LogP contribution in [-0.4, -0.2) is 30.6 Å². The number of halogens is 3. The van der Waals surface area contributed by atoms with Crippen molar-refractivity contribution in [1.29, 1.82) is 0 Å². The molecule has 0 fully saturated rings. The zero-order chi connectivity index (χ0) is 16.3. The van der Waals surface area contributed by atoms with Gasteiger partial charge in [0, 0.05) is 12.1 Å². The van der Waals surface area contributed by atoms with Crippen LogP contribution >= 0.6 is 0 Å². The highest BCUT2D eigenvalue weighted by molar-refractivity contribution is 5.92. The second-order valence-corrected chi connectivity index (χ2v) is 5.07. The van der Waals surface area contributed by atoms with E-state index in [9.17, 15) is 18.0 Å². The maximum Gasteiger partial charge on any atom is 0.432 e. The SMILES string of the molecule is Cc1cccc(C)c1NC(=O)NC[C@H]1CC(C(F)(F)F)=NO1. The van der Waals surface area contributed by atoms with E-state index < -0.39 is 24.0 Å². The van der Waals surface area contributed by atoms with Crippen molar-refractivity contribution in [2.24, 2.45) is 5.16 Å². The predicted octanol–water partition coefficient (Wildman–Crippen LogP) is 3.13. The van der Waals surface area contributed by atoms with Crippen molar-refractivity contribution < 1.29 is 22.8 Å². The minimum atomic E-state index is -4.49. The highest BCUT2D eigenvalue weighted by atomic mass is 19.4. The molecule has 1 heterocycles. The third-order valence-corrected chi connectivity index (χ3v) is 3.27. The van der Waals surface area contributed by atoms with Gasteiger partial charge in [-0.25, -0.2) is 4.79 Å². The molecule has 22 heavy (non-hydrogen) atoms. The van der Waals surface area contributed by atoms with E-state index in [-0.39, 0.29) is 13.0 Å². The first-order chi connectivity index (χ1) is 10.3. The Bertz CT molecular complexity index is 579. The molecule has 0 radical (unpaired) electrons. The molecule has 1 aliphatic rings. The van der Waals surface area contributed by atoms with Gasteiger partial charge >= 0.3 is 12.2 Å². The first kappa shape index (κ1) is 16.1. The third-order valence-electron chi connectivity index (χ3n) is 3.27. The van der Waals surface area contributed by atoms with Crippen molar-refractivity contribution in [2.45, 2.75) is 32.5 Å². The summed E-state index contributed by atoms with van der Waals surface area (Å²) in [5.74, 6) is 0. The smallest absolute Gasteiger partial charge is 0.390 e. The van der Waals surface area contributed by atoms with Gasteiger partial charge < -0.3 is 15.5 Å². The number of carbonyl (C=O) groups is 1. The van der Waals surface area contributed by atoms with Crippen LogP contribution in [0.2, 0.25) is 0 Å². The van der Waals surface area contributed by atoms with E-state index in [1.54, 1.807) is 0 Å². The van der Waals surface area contributed by atoms with Gasteiger partial charge in [-0.05, 0) is 25.0 Å². The van der Waals surface area contributed by atoms with Crippen molar-refractivity contribution in [2.75, 3.05) is 11.9 Å². The summed E-state index contributed by atoms with van der Waals surface area (Å²) in [6, 6.07) is 5.08. The van der Waals surface area contributed by atoms with Crippen molar-refractivity contribution >= 4 is 17.4 Å². The van der Waals surface area contributed by atoms with E-state index in [1.807, 2.05) is 32.0 Å². The fourth-order valence-electron chi connectivity index (χ4n) is 2.08. The number of hydrogen-bond donors (Lipinski definition) is 2. The number of nitrogens with zero attached hydrogens (tertiary/aromatic N) is 1. The molecule has 0 saturated heterocycles.